The highest BCUT2D eigenvalue weighted by Crippen LogP contribution is 2.10. The van der Waals surface area contributed by atoms with Gasteiger partial charge in [0.25, 0.3) is 0 Å². The number of rotatable bonds is 8. The van der Waals surface area contributed by atoms with E-state index in [9.17, 15) is 18.0 Å². The summed E-state index contributed by atoms with van der Waals surface area (Å²) < 4.78 is 32.1. The second-order valence-electron chi connectivity index (χ2n) is 6.24. The standard InChI is InChI=1S/C18H22N4O5S/c1-13(2)10-19-17(23)18(24)22-20-11-14-8-9-15(27-14)12-21-28(25,26)16-6-4-3-5-7-16/h3-9,11,13,21H,10,12H2,1-2H3,(H,19,23)(H,22,24)/b20-11+. The van der Waals surface area contributed by atoms with Gasteiger partial charge in [-0.3, -0.25) is 9.59 Å². The van der Waals surface area contributed by atoms with Crippen molar-refractivity contribution in [2.75, 3.05) is 6.54 Å². The third-order valence-electron chi connectivity index (χ3n) is 3.41. The van der Waals surface area contributed by atoms with Gasteiger partial charge in [0.1, 0.15) is 11.5 Å². The number of furan rings is 1. The lowest BCUT2D eigenvalue weighted by molar-refractivity contribution is -0.139. The molecule has 1 aromatic carbocycles. The first-order valence-corrected chi connectivity index (χ1v) is 10.0. The Morgan fingerprint density at radius 1 is 1.11 bits per heavy atom. The Kier molecular flexibility index (Phi) is 7.47. The van der Waals surface area contributed by atoms with Crippen LogP contribution >= 0.6 is 0 Å². The molecule has 0 aliphatic rings. The van der Waals surface area contributed by atoms with Gasteiger partial charge in [0.05, 0.1) is 17.7 Å². The van der Waals surface area contributed by atoms with Gasteiger partial charge < -0.3 is 9.73 Å². The Balaban J connectivity index is 1.84. The molecule has 0 bridgehead atoms. The van der Waals surface area contributed by atoms with Gasteiger partial charge in [0.2, 0.25) is 10.0 Å². The zero-order valence-electron chi connectivity index (χ0n) is 15.5. The molecule has 0 radical (unpaired) electrons. The zero-order valence-corrected chi connectivity index (χ0v) is 16.3. The smallest absolute Gasteiger partial charge is 0.329 e. The Hall–Kier alpha value is -2.98. The molecule has 0 atom stereocenters. The highest BCUT2D eigenvalue weighted by Gasteiger charge is 2.14. The normalized spacial score (nSPS) is 11.7. The fraction of sp³-hybridized carbons (Fsp3) is 0.278. The number of hydrogen-bond acceptors (Lipinski definition) is 6. The predicted octanol–water partition coefficient (Wildman–Crippen LogP) is 0.980. The molecule has 0 spiro atoms. The average molecular weight is 406 g/mol. The van der Waals surface area contributed by atoms with E-state index in [1.807, 2.05) is 13.8 Å². The number of sulfonamides is 1. The number of amides is 2. The molecule has 2 rings (SSSR count). The van der Waals surface area contributed by atoms with Crippen LogP contribution in [0.25, 0.3) is 0 Å². The Labute approximate surface area is 163 Å². The van der Waals surface area contributed by atoms with Gasteiger partial charge >= 0.3 is 11.8 Å². The summed E-state index contributed by atoms with van der Waals surface area (Å²) in [4.78, 5) is 23.2. The quantitative estimate of drug-likeness (QED) is 0.342. The molecule has 3 N–H and O–H groups in total. The number of hydrogen-bond donors (Lipinski definition) is 3. The second kappa shape index (κ2) is 9.81. The van der Waals surface area contributed by atoms with Crippen LogP contribution in [0.4, 0.5) is 0 Å². The molecule has 28 heavy (non-hydrogen) atoms. The van der Waals surface area contributed by atoms with Gasteiger partial charge in [0, 0.05) is 6.54 Å². The van der Waals surface area contributed by atoms with Crippen molar-refractivity contribution >= 4 is 28.1 Å². The van der Waals surface area contributed by atoms with Crippen molar-refractivity contribution in [3.05, 3.63) is 54.0 Å². The van der Waals surface area contributed by atoms with Crippen LogP contribution in [0.1, 0.15) is 25.4 Å². The molecule has 10 heteroatoms. The van der Waals surface area contributed by atoms with Gasteiger partial charge in [-0.1, -0.05) is 32.0 Å². The number of benzene rings is 1. The third-order valence-corrected chi connectivity index (χ3v) is 4.82. The fourth-order valence-corrected chi connectivity index (χ4v) is 3.00. The second-order valence-corrected chi connectivity index (χ2v) is 8.01. The SMILES string of the molecule is CC(C)CNC(=O)C(=O)N/N=C/c1ccc(CNS(=O)(=O)c2ccccc2)o1. The summed E-state index contributed by atoms with van der Waals surface area (Å²) in [7, 11) is -3.64. The van der Waals surface area contributed by atoms with Gasteiger partial charge in [-0.05, 0) is 30.2 Å². The maximum Gasteiger partial charge on any atom is 0.329 e. The summed E-state index contributed by atoms with van der Waals surface area (Å²) in [6.45, 7) is 4.15. The Morgan fingerprint density at radius 2 is 1.82 bits per heavy atom. The average Bonchev–Trinajstić information content (AvgIpc) is 3.13. The van der Waals surface area contributed by atoms with E-state index in [1.165, 1.54) is 18.3 Å². The van der Waals surface area contributed by atoms with E-state index in [0.717, 1.165) is 0 Å². The molecule has 2 aromatic rings. The lowest BCUT2D eigenvalue weighted by Crippen LogP contribution is -2.39. The van der Waals surface area contributed by atoms with E-state index < -0.39 is 21.8 Å². The summed E-state index contributed by atoms with van der Waals surface area (Å²) in [6, 6.07) is 11.1. The van der Waals surface area contributed by atoms with Crippen LogP contribution in [0.3, 0.4) is 0 Å². The summed E-state index contributed by atoms with van der Waals surface area (Å²) in [5, 5.41) is 6.11. The maximum absolute atomic E-state index is 12.2. The van der Waals surface area contributed by atoms with E-state index in [1.54, 1.807) is 30.3 Å². The minimum Gasteiger partial charge on any atom is -0.459 e. The van der Waals surface area contributed by atoms with Crippen LogP contribution in [0.2, 0.25) is 0 Å². The van der Waals surface area contributed by atoms with Gasteiger partial charge in [0.15, 0.2) is 0 Å². The van der Waals surface area contributed by atoms with Crippen LogP contribution in [0.15, 0.2) is 56.9 Å². The van der Waals surface area contributed by atoms with Crippen molar-refractivity contribution in [3.8, 4) is 0 Å². The topological polar surface area (TPSA) is 130 Å². The van der Waals surface area contributed by atoms with Crippen LogP contribution in [-0.4, -0.2) is 33.0 Å². The van der Waals surface area contributed by atoms with E-state index in [0.29, 0.717) is 12.3 Å². The third kappa shape index (κ3) is 6.63. The van der Waals surface area contributed by atoms with Crippen LogP contribution in [0.5, 0.6) is 0 Å². The molecule has 1 aromatic heterocycles. The van der Waals surface area contributed by atoms with Crippen LogP contribution in [-0.2, 0) is 26.2 Å². The van der Waals surface area contributed by atoms with Crippen LogP contribution < -0.4 is 15.5 Å². The number of carbonyl (C=O) groups is 2. The van der Waals surface area contributed by atoms with Crippen molar-refractivity contribution in [1.82, 2.24) is 15.5 Å². The molecule has 0 aliphatic carbocycles. The molecule has 150 valence electrons. The van der Waals surface area contributed by atoms with Gasteiger partial charge in [-0.15, -0.1) is 0 Å². The molecule has 0 aliphatic heterocycles. The zero-order chi connectivity index (χ0) is 20.6. The maximum atomic E-state index is 12.2. The van der Waals surface area contributed by atoms with Crippen LogP contribution in [0, 0.1) is 5.92 Å². The minimum absolute atomic E-state index is 0.0466. The first kappa shape index (κ1) is 21.3. The van der Waals surface area contributed by atoms with E-state index >= 15 is 0 Å². The molecule has 0 saturated carbocycles. The molecule has 0 unspecified atom stereocenters. The number of nitrogens with zero attached hydrogens (tertiary/aromatic N) is 1. The summed E-state index contributed by atoms with van der Waals surface area (Å²) in [5.41, 5.74) is 2.09. The fourth-order valence-electron chi connectivity index (χ4n) is 1.99. The molecular formula is C18H22N4O5S. The Bertz CT molecular complexity index is 936. The predicted molar refractivity (Wildman–Crippen MR) is 103 cm³/mol. The highest BCUT2D eigenvalue weighted by molar-refractivity contribution is 7.89. The largest absolute Gasteiger partial charge is 0.459 e. The van der Waals surface area contributed by atoms with Gasteiger partial charge in [-0.2, -0.15) is 5.10 Å². The summed E-state index contributed by atoms with van der Waals surface area (Å²) in [6.07, 6.45) is 1.21. The number of hydrazone groups is 1. The molecular weight excluding hydrogens is 384 g/mol. The Morgan fingerprint density at radius 3 is 2.50 bits per heavy atom. The minimum atomic E-state index is -3.64. The van der Waals surface area contributed by atoms with Crippen molar-refractivity contribution in [1.29, 1.82) is 0 Å². The van der Waals surface area contributed by atoms with Crippen molar-refractivity contribution in [3.63, 3.8) is 0 Å². The molecule has 0 saturated heterocycles. The van der Waals surface area contributed by atoms with Crippen molar-refractivity contribution in [2.45, 2.75) is 25.3 Å². The highest BCUT2D eigenvalue weighted by atomic mass is 32.2. The first-order chi connectivity index (χ1) is 13.3. The van der Waals surface area contributed by atoms with E-state index in [4.69, 9.17) is 4.42 Å². The lowest BCUT2D eigenvalue weighted by Gasteiger charge is -2.05. The monoisotopic (exact) mass is 406 g/mol. The van der Waals surface area contributed by atoms with Gasteiger partial charge in [-0.25, -0.2) is 18.6 Å². The molecule has 0 fully saturated rings. The molecule has 9 nitrogen and oxygen atoms in total. The summed E-state index contributed by atoms with van der Waals surface area (Å²) >= 11 is 0. The van der Waals surface area contributed by atoms with E-state index in [-0.39, 0.29) is 23.1 Å². The number of nitrogens with one attached hydrogen (secondary N) is 3. The van der Waals surface area contributed by atoms with Crippen molar-refractivity contribution in [2.24, 2.45) is 11.0 Å². The summed E-state index contributed by atoms with van der Waals surface area (Å²) in [5.74, 6) is -0.791. The number of carbonyl (C=O) groups excluding carboxylic acids is 2. The van der Waals surface area contributed by atoms with E-state index in [2.05, 4.69) is 20.6 Å². The molecule has 1 heterocycles. The first-order valence-electron chi connectivity index (χ1n) is 8.52. The van der Waals surface area contributed by atoms with Crippen molar-refractivity contribution < 1.29 is 22.4 Å². The molecule has 2 amide bonds. The lowest BCUT2D eigenvalue weighted by atomic mass is 10.2.